The van der Waals surface area contributed by atoms with Crippen molar-refractivity contribution in [3.8, 4) is 11.5 Å². The Labute approximate surface area is 245 Å². The number of sulfone groups is 1. The predicted octanol–water partition coefficient (Wildman–Crippen LogP) is 6.34. The third-order valence-electron chi connectivity index (χ3n) is 8.13. The van der Waals surface area contributed by atoms with Crippen LogP contribution in [0.5, 0.6) is 11.5 Å². The average molecular weight is 591 g/mol. The molecule has 2 atom stereocenters. The highest BCUT2D eigenvalue weighted by Crippen LogP contribution is 2.36. The molecule has 0 radical (unpaired) electrons. The van der Waals surface area contributed by atoms with Gasteiger partial charge in [-0.05, 0) is 96.9 Å². The lowest BCUT2D eigenvalue weighted by atomic mass is 9.90. The van der Waals surface area contributed by atoms with Crippen LogP contribution < -0.4 is 0 Å². The lowest BCUT2D eigenvalue weighted by Crippen LogP contribution is -2.19. The fourth-order valence-electron chi connectivity index (χ4n) is 4.75. The summed E-state index contributed by atoms with van der Waals surface area (Å²) in [6.45, 7) is 15.3. The Hall–Kier alpha value is -3.07. The first-order valence-electron chi connectivity index (χ1n) is 14.3. The van der Waals surface area contributed by atoms with Gasteiger partial charge in [0, 0.05) is 0 Å². The van der Waals surface area contributed by atoms with E-state index in [0.717, 1.165) is 35.1 Å². The summed E-state index contributed by atoms with van der Waals surface area (Å²) in [6.07, 6.45) is 1.07. The van der Waals surface area contributed by atoms with Gasteiger partial charge in [-0.15, -0.1) is 0 Å². The number of aryl methyl sites for hydroxylation is 2. The van der Waals surface area contributed by atoms with Crippen molar-refractivity contribution in [2.24, 2.45) is 0 Å². The van der Waals surface area contributed by atoms with Crippen LogP contribution in [0, 0.1) is 27.7 Å². The van der Waals surface area contributed by atoms with Crippen LogP contribution in [0.25, 0.3) is 0 Å². The second-order valence-electron chi connectivity index (χ2n) is 11.1. The molecule has 0 aliphatic heterocycles. The number of phenols is 2. The average Bonchev–Trinajstić information content (AvgIpc) is 2.93. The molecule has 0 spiro atoms. The molecular formula is C32H46O8S. The monoisotopic (exact) mass is 590 g/mol. The molecule has 0 saturated heterocycles. The summed E-state index contributed by atoms with van der Waals surface area (Å²) >= 11 is 0. The van der Waals surface area contributed by atoms with Gasteiger partial charge in [0.15, 0.2) is 9.84 Å². The van der Waals surface area contributed by atoms with E-state index in [4.69, 9.17) is 9.47 Å². The summed E-state index contributed by atoms with van der Waals surface area (Å²) in [4.78, 5) is 24.6. The minimum atomic E-state index is -3.70. The van der Waals surface area contributed by atoms with Gasteiger partial charge in [-0.1, -0.05) is 39.8 Å². The van der Waals surface area contributed by atoms with Gasteiger partial charge in [-0.2, -0.15) is 0 Å². The molecule has 2 N–H and O–H groups in total. The highest BCUT2D eigenvalue weighted by molar-refractivity contribution is 7.91. The molecule has 8 nitrogen and oxygen atoms in total. The fourth-order valence-corrected chi connectivity index (χ4v) is 5.91. The van der Waals surface area contributed by atoms with Crippen LogP contribution >= 0.6 is 0 Å². The van der Waals surface area contributed by atoms with E-state index < -0.39 is 33.3 Å². The molecule has 0 aliphatic rings. The number of benzene rings is 2. The van der Waals surface area contributed by atoms with E-state index in [1.165, 1.54) is 0 Å². The Morgan fingerprint density at radius 2 is 1.07 bits per heavy atom. The topological polar surface area (TPSA) is 127 Å². The normalized spacial score (nSPS) is 13.1. The zero-order valence-electron chi connectivity index (χ0n) is 25.7. The summed E-state index contributed by atoms with van der Waals surface area (Å²) in [5.41, 5.74) is 6.17. The highest BCUT2D eigenvalue weighted by Gasteiger charge is 2.21. The number of aromatic hydroxyl groups is 2. The van der Waals surface area contributed by atoms with Crippen molar-refractivity contribution in [3.63, 3.8) is 0 Å². The molecule has 0 aromatic heterocycles. The van der Waals surface area contributed by atoms with Crippen LogP contribution in [0.4, 0.5) is 0 Å². The number of ether oxygens (including phenoxy) is 2. The Bertz CT molecular complexity index is 1260. The maximum absolute atomic E-state index is 12.5. The molecule has 41 heavy (non-hydrogen) atoms. The molecule has 0 amide bonds. The molecular weight excluding hydrogens is 544 g/mol. The molecule has 0 heterocycles. The Kier molecular flexibility index (Phi) is 12.2. The van der Waals surface area contributed by atoms with Gasteiger partial charge in [0.25, 0.3) is 0 Å². The van der Waals surface area contributed by atoms with E-state index in [2.05, 4.69) is 0 Å². The molecule has 228 valence electrons. The maximum atomic E-state index is 12.5. The van der Waals surface area contributed by atoms with Gasteiger partial charge in [-0.25, -0.2) is 8.42 Å². The van der Waals surface area contributed by atoms with Crippen molar-refractivity contribution < 1.29 is 37.7 Å². The first-order chi connectivity index (χ1) is 19.1. The second-order valence-corrected chi connectivity index (χ2v) is 13.4. The van der Waals surface area contributed by atoms with E-state index in [1.807, 2.05) is 53.7 Å². The SMILES string of the molecule is CCC(C)c1cc(C)c(COC(=O)CCS(=O)(=O)CCC(=O)OCc2c(C)cc(C(C)CC)c(O)c2C)c(C)c1O. The molecule has 2 aromatic carbocycles. The van der Waals surface area contributed by atoms with Crippen molar-refractivity contribution in [2.75, 3.05) is 11.5 Å². The standard InChI is InChI=1S/C32H46O8S/c1-9-19(3)25-15-21(5)27(23(7)31(25)35)17-39-29(33)11-13-41(37,38)14-12-30(34)40-18-28-22(6)16-26(20(4)10-2)32(36)24(28)8/h15-16,19-20,35-36H,9-14,17-18H2,1-8H3. The molecule has 9 heteroatoms. The summed E-state index contributed by atoms with van der Waals surface area (Å²) in [7, 11) is -3.70. The van der Waals surface area contributed by atoms with Gasteiger partial charge < -0.3 is 19.7 Å². The van der Waals surface area contributed by atoms with Crippen LogP contribution in [0.1, 0.15) is 110 Å². The minimum Gasteiger partial charge on any atom is -0.507 e. The molecule has 0 bridgehead atoms. The van der Waals surface area contributed by atoms with Crippen LogP contribution in [-0.4, -0.2) is 42.1 Å². The van der Waals surface area contributed by atoms with Crippen molar-refractivity contribution in [2.45, 2.75) is 106 Å². The van der Waals surface area contributed by atoms with Gasteiger partial charge in [-0.3, -0.25) is 9.59 Å². The molecule has 2 aromatic rings. The first kappa shape index (κ1) is 34.1. The number of carbonyl (C=O) groups excluding carboxylic acids is 2. The van der Waals surface area contributed by atoms with Crippen molar-refractivity contribution in [1.29, 1.82) is 0 Å². The number of carbonyl (C=O) groups is 2. The molecule has 0 fully saturated rings. The highest BCUT2D eigenvalue weighted by atomic mass is 32.2. The van der Waals surface area contributed by atoms with E-state index >= 15 is 0 Å². The van der Waals surface area contributed by atoms with E-state index in [-0.39, 0.29) is 49.4 Å². The summed E-state index contributed by atoms with van der Waals surface area (Å²) in [5.74, 6) is -1.48. The number of hydrogen-bond donors (Lipinski definition) is 2. The maximum Gasteiger partial charge on any atom is 0.307 e. The van der Waals surface area contributed by atoms with E-state index in [1.54, 1.807) is 13.8 Å². The Morgan fingerprint density at radius 3 is 1.39 bits per heavy atom. The van der Waals surface area contributed by atoms with Gasteiger partial charge in [0.05, 0.1) is 24.3 Å². The van der Waals surface area contributed by atoms with Crippen molar-refractivity contribution in [3.05, 3.63) is 56.6 Å². The smallest absolute Gasteiger partial charge is 0.307 e. The van der Waals surface area contributed by atoms with Gasteiger partial charge in [0.2, 0.25) is 0 Å². The Morgan fingerprint density at radius 1 is 0.732 bits per heavy atom. The summed E-state index contributed by atoms with van der Waals surface area (Å²) in [6, 6.07) is 3.80. The number of hydrogen-bond acceptors (Lipinski definition) is 8. The minimum absolute atomic E-state index is 0.0655. The number of phenolic OH excluding ortho intramolecular Hbond substituents is 2. The lowest BCUT2D eigenvalue weighted by molar-refractivity contribution is -0.145. The number of rotatable bonds is 14. The van der Waals surface area contributed by atoms with Crippen LogP contribution in [0.3, 0.4) is 0 Å². The second kappa shape index (κ2) is 14.7. The van der Waals surface area contributed by atoms with Gasteiger partial charge in [0.1, 0.15) is 24.7 Å². The van der Waals surface area contributed by atoms with Crippen LogP contribution in [0.15, 0.2) is 12.1 Å². The first-order valence-corrected chi connectivity index (χ1v) is 16.1. The van der Waals surface area contributed by atoms with Crippen LogP contribution in [0.2, 0.25) is 0 Å². The van der Waals surface area contributed by atoms with Crippen molar-refractivity contribution >= 4 is 21.8 Å². The quantitative estimate of drug-likeness (QED) is 0.244. The van der Waals surface area contributed by atoms with E-state index in [0.29, 0.717) is 22.3 Å². The van der Waals surface area contributed by atoms with Crippen molar-refractivity contribution in [1.82, 2.24) is 0 Å². The molecule has 0 saturated carbocycles. The number of esters is 2. The summed E-state index contributed by atoms with van der Waals surface area (Å²) in [5, 5.41) is 21.2. The zero-order valence-corrected chi connectivity index (χ0v) is 26.5. The summed E-state index contributed by atoms with van der Waals surface area (Å²) < 4.78 is 35.6. The Balaban J connectivity index is 1.87. The third-order valence-corrected chi connectivity index (χ3v) is 9.79. The van der Waals surface area contributed by atoms with Crippen LogP contribution in [-0.2, 0) is 42.1 Å². The third kappa shape index (κ3) is 8.96. The molecule has 0 aliphatic carbocycles. The molecule has 2 unspecified atom stereocenters. The van der Waals surface area contributed by atoms with E-state index in [9.17, 15) is 28.2 Å². The fraction of sp³-hybridized carbons (Fsp3) is 0.562. The van der Waals surface area contributed by atoms with Gasteiger partial charge >= 0.3 is 11.9 Å². The largest absolute Gasteiger partial charge is 0.507 e. The zero-order chi connectivity index (χ0) is 31.1. The predicted molar refractivity (Wildman–Crippen MR) is 160 cm³/mol. The lowest BCUT2D eigenvalue weighted by Gasteiger charge is -2.19. The molecule has 2 rings (SSSR count).